The Kier molecular flexibility index (Phi) is 6.80. The summed E-state index contributed by atoms with van der Waals surface area (Å²) in [5.41, 5.74) is 2.02. The number of hydrogen-bond acceptors (Lipinski definition) is 3. The van der Waals surface area contributed by atoms with E-state index in [4.69, 9.17) is 23.2 Å². The van der Waals surface area contributed by atoms with Crippen molar-refractivity contribution < 1.29 is 4.79 Å². The van der Waals surface area contributed by atoms with Gasteiger partial charge in [-0.25, -0.2) is 4.79 Å². The van der Waals surface area contributed by atoms with E-state index < -0.39 is 0 Å². The second kappa shape index (κ2) is 9.29. The van der Waals surface area contributed by atoms with Crippen LogP contribution in [0.15, 0.2) is 42.7 Å². The predicted octanol–water partition coefficient (Wildman–Crippen LogP) is 4.67. The minimum absolute atomic E-state index is 0.185. The van der Waals surface area contributed by atoms with Crippen molar-refractivity contribution in [1.82, 2.24) is 15.6 Å². The van der Waals surface area contributed by atoms with Gasteiger partial charge in [-0.15, -0.1) is 0 Å². The topological polar surface area (TPSA) is 57.3 Å². The molecule has 0 saturated carbocycles. The van der Waals surface area contributed by atoms with Gasteiger partial charge in [0.25, 0.3) is 0 Å². The first-order valence-corrected chi connectivity index (χ1v) is 9.93. The highest BCUT2D eigenvalue weighted by Crippen LogP contribution is 2.26. The lowest BCUT2D eigenvalue weighted by Gasteiger charge is -2.33. The molecular formula is C20H24Cl2N4O. The maximum Gasteiger partial charge on any atom is 0.315 e. The molecule has 1 aromatic carbocycles. The Bertz CT molecular complexity index is 764. The van der Waals surface area contributed by atoms with Gasteiger partial charge >= 0.3 is 6.03 Å². The maximum atomic E-state index is 12.2. The Hall–Kier alpha value is -1.98. The second-order valence-corrected chi connectivity index (χ2v) is 7.72. The van der Waals surface area contributed by atoms with E-state index in [1.54, 1.807) is 18.2 Å². The fraction of sp³-hybridized carbons (Fsp3) is 0.400. The van der Waals surface area contributed by atoms with Crippen LogP contribution in [0.1, 0.15) is 31.4 Å². The summed E-state index contributed by atoms with van der Waals surface area (Å²) in [4.78, 5) is 18.7. The van der Waals surface area contributed by atoms with Crippen molar-refractivity contribution in [2.24, 2.45) is 5.92 Å². The Morgan fingerprint density at radius 2 is 1.93 bits per heavy atom. The zero-order chi connectivity index (χ0) is 19.2. The van der Waals surface area contributed by atoms with Gasteiger partial charge in [0.15, 0.2) is 0 Å². The molecule has 1 aromatic heterocycles. The van der Waals surface area contributed by atoms with Crippen LogP contribution in [0, 0.1) is 5.92 Å². The largest absolute Gasteiger partial charge is 0.371 e. The smallest absolute Gasteiger partial charge is 0.315 e. The van der Waals surface area contributed by atoms with Crippen LogP contribution >= 0.6 is 23.2 Å². The van der Waals surface area contributed by atoms with Crippen molar-refractivity contribution in [2.45, 2.75) is 25.8 Å². The van der Waals surface area contributed by atoms with Gasteiger partial charge in [-0.3, -0.25) is 4.98 Å². The number of nitrogens with zero attached hydrogens (tertiary/aromatic N) is 2. The van der Waals surface area contributed by atoms with Gasteiger partial charge in [-0.2, -0.15) is 0 Å². The Labute approximate surface area is 170 Å². The van der Waals surface area contributed by atoms with Gasteiger partial charge in [0, 0.05) is 47.8 Å². The molecule has 3 rings (SSSR count). The second-order valence-electron chi connectivity index (χ2n) is 6.88. The van der Waals surface area contributed by atoms with Gasteiger partial charge in [0.05, 0.1) is 6.04 Å². The van der Waals surface area contributed by atoms with Crippen LogP contribution in [-0.4, -0.2) is 30.6 Å². The number of amides is 2. The van der Waals surface area contributed by atoms with E-state index >= 15 is 0 Å². The number of aromatic nitrogens is 1. The average Bonchev–Trinajstić information content (AvgIpc) is 2.69. The van der Waals surface area contributed by atoms with E-state index in [-0.39, 0.29) is 12.1 Å². The number of urea groups is 1. The monoisotopic (exact) mass is 406 g/mol. The minimum Gasteiger partial charge on any atom is -0.371 e. The highest BCUT2D eigenvalue weighted by molar-refractivity contribution is 6.33. The van der Waals surface area contributed by atoms with Crippen LogP contribution in [0.25, 0.3) is 0 Å². The van der Waals surface area contributed by atoms with E-state index in [0.29, 0.717) is 22.5 Å². The van der Waals surface area contributed by atoms with Crippen molar-refractivity contribution in [3.05, 3.63) is 58.3 Å². The Morgan fingerprint density at radius 3 is 2.63 bits per heavy atom. The molecule has 144 valence electrons. The number of nitrogens with one attached hydrogen (secondary N) is 2. The Balaban J connectivity index is 1.43. The summed E-state index contributed by atoms with van der Waals surface area (Å²) >= 11 is 12.2. The first kappa shape index (κ1) is 19.8. The highest BCUT2D eigenvalue weighted by atomic mass is 35.5. The van der Waals surface area contributed by atoms with Gasteiger partial charge < -0.3 is 15.5 Å². The zero-order valence-corrected chi connectivity index (χ0v) is 16.8. The molecule has 7 heteroatoms. The molecule has 0 radical (unpaired) electrons. The van der Waals surface area contributed by atoms with Crippen molar-refractivity contribution in [2.75, 3.05) is 24.5 Å². The summed E-state index contributed by atoms with van der Waals surface area (Å²) in [5, 5.41) is 7.11. The number of piperidine rings is 1. The van der Waals surface area contributed by atoms with Crippen LogP contribution in [-0.2, 0) is 0 Å². The molecule has 1 aliphatic rings. The average molecular weight is 407 g/mol. The number of carbonyl (C=O) groups is 1. The first-order valence-electron chi connectivity index (χ1n) is 9.17. The molecular weight excluding hydrogens is 383 g/mol. The summed E-state index contributed by atoms with van der Waals surface area (Å²) in [6, 6.07) is 8.93. The number of halogens is 2. The fourth-order valence-electron chi connectivity index (χ4n) is 3.36. The molecule has 1 fully saturated rings. The lowest BCUT2D eigenvalue weighted by molar-refractivity contribution is 0.234. The van der Waals surface area contributed by atoms with E-state index in [1.807, 2.05) is 31.5 Å². The van der Waals surface area contributed by atoms with Crippen LogP contribution in [0.4, 0.5) is 10.5 Å². The molecule has 2 heterocycles. The SMILES string of the molecule is CC(NC(=O)NCC1CCN(c2ccncc2)CC1)c1cc(Cl)ccc1Cl. The van der Waals surface area contributed by atoms with Crippen LogP contribution < -0.4 is 15.5 Å². The van der Waals surface area contributed by atoms with Gasteiger partial charge in [0.1, 0.15) is 0 Å². The number of pyridine rings is 1. The third-order valence-corrected chi connectivity index (χ3v) is 5.55. The summed E-state index contributed by atoms with van der Waals surface area (Å²) in [6.07, 6.45) is 5.75. The van der Waals surface area contributed by atoms with Crippen molar-refractivity contribution in [3.8, 4) is 0 Å². The van der Waals surface area contributed by atoms with Gasteiger partial charge in [0.2, 0.25) is 0 Å². The molecule has 1 unspecified atom stereocenters. The summed E-state index contributed by atoms with van der Waals surface area (Å²) in [7, 11) is 0. The number of hydrogen-bond donors (Lipinski definition) is 2. The standard InChI is InChI=1S/C20H24Cl2N4O/c1-14(18-12-16(21)2-3-19(18)22)25-20(27)24-13-15-6-10-26(11-7-15)17-4-8-23-9-5-17/h2-5,8-9,12,14-15H,6-7,10-11,13H2,1H3,(H2,24,25,27). The molecule has 2 aromatic rings. The molecule has 0 aliphatic carbocycles. The lowest BCUT2D eigenvalue weighted by Crippen LogP contribution is -2.42. The van der Waals surface area contributed by atoms with Crippen LogP contribution in [0.2, 0.25) is 10.0 Å². The number of anilines is 1. The third kappa shape index (κ3) is 5.50. The fourth-order valence-corrected chi connectivity index (χ4v) is 3.82. The minimum atomic E-state index is -0.218. The lowest BCUT2D eigenvalue weighted by atomic mass is 9.96. The van der Waals surface area contributed by atoms with Crippen molar-refractivity contribution >= 4 is 34.9 Å². The van der Waals surface area contributed by atoms with Crippen LogP contribution in [0.5, 0.6) is 0 Å². The summed E-state index contributed by atoms with van der Waals surface area (Å²) < 4.78 is 0. The van der Waals surface area contributed by atoms with Crippen molar-refractivity contribution in [3.63, 3.8) is 0 Å². The van der Waals surface area contributed by atoms with E-state index in [9.17, 15) is 4.79 Å². The molecule has 1 saturated heterocycles. The summed E-state index contributed by atoms with van der Waals surface area (Å²) in [6.45, 7) is 4.55. The molecule has 0 spiro atoms. The molecule has 5 nitrogen and oxygen atoms in total. The zero-order valence-electron chi connectivity index (χ0n) is 15.3. The normalized spacial score (nSPS) is 16.0. The quantitative estimate of drug-likeness (QED) is 0.758. The molecule has 2 amide bonds. The number of rotatable bonds is 5. The molecule has 27 heavy (non-hydrogen) atoms. The van der Waals surface area contributed by atoms with Crippen molar-refractivity contribution in [1.29, 1.82) is 0 Å². The molecule has 0 bridgehead atoms. The van der Waals surface area contributed by atoms with Gasteiger partial charge in [-0.1, -0.05) is 23.2 Å². The van der Waals surface area contributed by atoms with Gasteiger partial charge in [-0.05, 0) is 61.6 Å². The van der Waals surface area contributed by atoms with E-state index in [2.05, 4.69) is 20.5 Å². The highest BCUT2D eigenvalue weighted by Gasteiger charge is 2.20. The summed E-state index contributed by atoms with van der Waals surface area (Å²) in [5.74, 6) is 0.485. The molecule has 1 aliphatic heterocycles. The third-order valence-electron chi connectivity index (χ3n) is 4.97. The predicted molar refractivity (Wildman–Crippen MR) is 111 cm³/mol. The number of benzene rings is 1. The number of carbonyl (C=O) groups excluding carboxylic acids is 1. The first-order chi connectivity index (χ1) is 13.0. The van der Waals surface area contributed by atoms with Crippen LogP contribution in [0.3, 0.4) is 0 Å². The molecule has 1 atom stereocenters. The van der Waals surface area contributed by atoms with E-state index in [1.165, 1.54) is 5.69 Å². The Morgan fingerprint density at radius 1 is 1.22 bits per heavy atom. The maximum absolute atomic E-state index is 12.2. The molecule has 2 N–H and O–H groups in total. The van der Waals surface area contributed by atoms with E-state index in [0.717, 1.165) is 31.5 Å².